The Kier molecular flexibility index (Phi) is 8.62. The van der Waals surface area contributed by atoms with Gasteiger partial charge < -0.3 is 19.5 Å². The molecule has 3 aromatic carbocycles. The van der Waals surface area contributed by atoms with Crippen molar-refractivity contribution in [2.45, 2.75) is 45.7 Å². The average Bonchev–Trinajstić information content (AvgIpc) is 3.17. The maximum absolute atomic E-state index is 13.3. The van der Waals surface area contributed by atoms with E-state index >= 15 is 0 Å². The number of Topliss-reactive ketones (excluding diaryl/α,β-unsaturated/α-hetero) is 1. The van der Waals surface area contributed by atoms with E-state index in [9.17, 15) is 14.7 Å². The number of ketones is 1. The summed E-state index contributed by atoms with van der Waals surface area (Å²) in [6.07, 6.45) is 3.21. The zero-order valence-electron chi connectivity index (χ0n) is 21.4. The highest BCUT2D eigenvalue weighted by molar-refractivity contribution is 6.46. The number of rotatable bonds is 11. The van der Waals surface area contributed by atoms with Gasteiger partial charge in [0.2, 0.25) is 0 Å². The van der Waals surface area contributed by atoms with Gasteiger partial charge in [0.1, 0.15) is 17.3 Å². The van der Waals surface area contributed by atoms with Crippen LogP contribution in [0.25, 0.3) is 5.76 Å². The molecule has 37 heavy (non-hydrogen) atoms. The minimum Gasteiger partial charge on any atom is -0.507 e. The summed E-state index contributed by atoms with van der Waals surface area (Å²) in [7, 11) is 0. The molecule has 1 saturated heterocycles. The maximum Gasteiger partial charge on any atom is 0.295 e. The molecule has 6 heteroatoms. The lowest BCUT2D eigenvalue weighted by molar-refractivity contribution is -0.140. The third kappa shape index (κ3) is 6.02. The van der Waals surface area contributed by atoms with Gasteiger partial charge >= 0.3 is 0 Å². The van der Waals surface area contributed by atoms with Crippen molar-refractivity contribution >= 4 is 17.4 Å². The number of ether oxygens (including phenoxy) is 2. The third-order valence-corrected chi connectivity index (χ3v) is 6.39. The van der Waals surface area contributed by atoms with E-state index in [1.807, 2.05) is 61.5 Å². The maximum atomic E-state index is 13.3. The molecular formula is C31H33NO5. The largest absolute Gasteiger partial charge is 0.507 e. The van der Waals surface area contributed by atoms with E-state index in [1.165, 1.54) is 4.90 Å². The number of nitrogens with zero attached hydrogens (tertiary/aromatic N) is 1. The molecule has 0 bridgehead atoms. The average molecular weight is 500 g/mol. The van der Waals surface area contributed by atoms with E-state index in [1.54, 1.807) is 24.3 Å². The van der Waals surface area contributed by atoms with Gasteiger partial charge in [-0.15, -0.1) is 0 Å². The predicted octanol–water partition coefficient (Wildman–Crippen LogP) is 6.28. The zero-order valence-corrected chi connectivity index (χ0v) is 21.4. The molecule has 1 aliphatic heterocycles. The number of aliphatic hydroxyl groups is 1. The lowest BCUT2D eigenvalue weighted by atomic mass is 9.95. The first-order valence-corrected chi connectivity index (χ1v) is 12.8. The number of hydrogen-bond acceptors (Lipinski definition) is 5. The van der Waals surface area contributed by atoms with E-state index in [4.69, 9.17) is 9.47 Å². The van der Waals surface area contributed by atoms with Crippen LogP contribution >= 0.6 is 0 Å². The van der Waals surface area contributed by atoms with Crippen molar-refractivity contribution in [2.75, 3.05) is 13.2 Å². The molecule has 1 unspecified atom stereocenters. The second-order valence-corrected chi connectivity index (χ2v) is 8.99. The second kappa shape index (κ2) is 12.3. The van der Waals surface area contributed by atoms with E-state index in [2.05, 4.69) is 6.92 Å². The highest BCUT2D eigenvalue weighted by Crippen LogP contribution is 2.40. The first-order chi connectivity index (χ1) is 18.0. The Bertz CT molecular complexity index is 1230. The molecule has 1 heterocycles. The number of amides is 1. The molecular weight excluding hydrogens is 466 g/mol. The van der Waals surface area contributed by atoms with Crippen LogP contribution < -0.4 is 9.47 Å². The number of aliphatic hydroxyl groups excluding tert-OH is 1. The van der Waals surface area contributed by atoms with Crippen molar-refractivity contribution in [3.8, 4) is 11.5 Å². The van der Waals surface area contributed by atoms with Crippen LogP contribution in [0, 0.1) is 0 Å². The molecule has 1 fully saturated rings. The summed E-state index contributed by atoms with van der Waals surface area (Å²) in [5.41, 5.74) is 2.14. The summed E-state index contributed by atoms with van der Waals surface area (Å²) in [6, 6.07) is 23.0. The Labute approximate surface area is 218 Å². The molecule has 192 valence electrons. The van der Waals surface area contributed by atoms with Gasteiger partial charge in [-0.25, -0.2) is 0 Å². The van der Waals surface area contributed by atoms with Gasteiger partial charge in [0.15, 0.2) is 0 Å². The van der Waals surface area contributed by atoms with Crippen molar-refractivity contribution in [3.63, 3.8) is 0 Å². The van der Waals surface area contributed by atoms with E-state index in [0.717, 1.165) is 36.1 Å². The fourth-order valence-corrected chi connectivity index (χ4v) is 4.49. The number of likely N-dealkylation sites (tertiary alicyclic amines) is 1. The van der Waals surface area contributed by atoms with Gasteiger partial charge in [-0.2, -0.15) is 0 Å². The van der Waals surface area contributed by atoms with E-state index < -0.39 is 17.7 Å². The van der Waals surface area contributed by atoms with Crippen molar-refractivity contribution in [2.24, 2.45) is 0 Å². The molecule has 6 nitrogen and oxygen atoms in total. The lowest BCUT2D eigenvalue weighted by Gasteiger charge is -2.25. The van der Waals surface area contributed by atoms with Crippen LogP contribution in [0.15, 0.2) is 84.4 Å². The van der Waals surface area contributed by atoms with Crippen LogP contribution in [0.2, 0.25) is 0 Å². The third-order valence-electron chi connectivity index (χ3n) is 6.39. The van der Waals surface area contributed by atoms with Crippen molar-refractivity contribution < 1.29 is 24.2 Å². The highest BCUT2D eigenvalue weighted by Gasteiger charge is 2.46. The Morgan fingerprint density at radius 2 is 1.49 bits per heavy atom. The summed E-state index contributed by atoms with van der Waals surface area (Å²) < 4.78 is 11.3. The topological polar surface area (TPSA) is 76.1 Å². The summed E-state index contributed by atoms with van der Waals surface area (Å²) >= 11 is 0. The van der Waals surface area contributed by atoms with Crippen molar-refractivity contribution in [3.05, 3.63) is 101 Å². The molecule has 4 rings (SSSR count). The molecule has 0 spiro atoms. The predicted molar refractivity (Wildman–Crippen MR) is 143 cm³/mol. The molecule has 1 aliphatic rings. The molecule has 0 radical (unpaired) electrons. The fourth-order valence-electron chi connectivity index (χ4n) is 4.49. The van der Waals surface area contributed by atoms with Crippen LogP contribution in [0.1, 0.15) is 55.8 Å². The number of unbranched alkanes of at least 4 members (excludes halogenated alkanes) is 2. The number of benzene rings is 3. The van der Waals surface area contributed by atoms with Crippen LogP contribution in [-0.2, 0) is 16.1 Å². The van der Waals surface area contributed by atoms with E-state index in [0.29, 0.717) is 24.5 Å². The number of carbonyl (C=O) groups excluding carboxylic acids is 2. The zero-order chi connectivity index (χ0) is 26.2. The second-order valence-electron chi connectivity index (χ2n) is 8.99. The van der Waals surface area contributed by atoms with Gasteiger partial charge in [0.25, 0.3) is 11.7 Å². The molecule has 1 N–H and O–H groups in total. The Morgan fingerprint density at radius 3 is 2.14 bits per heavy atom. The molecule has 3 aromatic rings. The van der Waals surface area contributed by atoms with E-state index in [-0.39, 0.29) is 17.9 Å². The van der Waals surface area contributed by atoms with Gasteiger partial charge in [-0.05, 0) is 60.9 Å². The standard InChI is InChI=1S/C31H33NO5/c1-3-5-9-20-37-26-16-12-23(13-17-26)28-27(29(33)24-14-18-25(19-15-24)36-4-2)30(34)31(35)32(28)21-22-10-7-6-8-11-22/h6-8,10-19,28,33H,3-5,9,20-21H2,1-2H3/b29-27+. The van der Waals surface area contributed by atoms with Crippen molar-refractivity contribution in [1.82, 2.24) is 4.90 Å². The highest BCUT2D eigenvalue weighted by atomic mass is 16.5. The molecule has 1 amide bonds. The lowest BCUT2D eigenvalue weighted by Crippen LogP contribution is -2.29. The van der Waals surface area contributed by atoms with Crippen LogP contribution in [0.4, 0.5) is 0 Å². The summed E-state index contributed by atoms with van der Waals surface area (Å²) in [5, 5.41) is 11.3. The Morgan fingerprint density at radius 1 is 0.838 bits per heavy atom. The fraction of sp³-hybridized carbons (Fsp3) is 0.290. The summed E-state index contributed by atoms with van der Waals surface area (Å²) in [4.78, 5) is 28.0. The molecule has 1 atom stereocenters. The Balaban J connectivity index is 1.71. The molecule has 0 saturated carbocycles. The number of hydrogen-bond donors (Lipinski definition) is 1. The smallest absolute Gasteiger partial charge is 0.295 e. The minimum atomic E-state index is -0.735. The summed E-state index contributed by atoms with van der Waals surface area (Å²) in [6.45, 7) is 5.44. The van der Waals surface area contributed by atoms with Crippen molar-refractivity contribution in [1.29, 1.82) is 0 Å². The molecule has 0 aromatic heterocycles. The first kappa shape index (κ1) is 26.0. The number of carbonyl (C=O) groups is 2. The van der Waals surface area contributed by atoms with Gasteiger partial charge in [-0.3, -0.25) is 9.59 Å². The monoisotopic (exact) mass is 499 g/mol. The summed E-state index contributed by atoms with van der Waals surface area (Å²) in [5.74, 6) is -0.156. The first-order valence-electron chi connectivity index (χ1n) is 12.8. The van der Waals surface area contributed by atoms with Gasteiger partial charge in [-0.1, -0.05) is 62.2 Å². The van der Waals surface area contributed by atoms with Crippen LogP contribution in [0.5, 0.6) is 11.5 Å². The van der Waals surface area contributed by atoms with Gasteiger partial charge in [0.05, 0.1) is 24.8 Å². The Hall–Kier alpha value is -4.06. The SMILES string of the molecule is CCCCCOc1ccc(C2/C(=C(\O)c3ccc(OCC)cc3)C(=O)C(=O)N2Cc2ccccc2)cc1. The minimum absolute atomic E-state index is 0.0710. The van der Waals surface area contributed by atoms with Crippen LogP contribution in [0.3, 0.4) is 0 Å². The quantitative estimate of drug-likeness (QED) is 0.146. The van der Waals surface area contributed by atoms with Gasteiger partial charge in [0, 0.05) is 12.1 Å². The normalized spacial score (nSPS) is 16.7. The molecule has 0 aliphatic carbocycles. The van der Waals surface area contributed by atoms with Crippen LogP contribution in [-0.4, -0.2) is 34.9 Å².